The van der Waals surface area contributed by atoms with Crippen molar-refractivity contribution in [2.75, 3.05) is 6.26 Å². The fourth-order valence-corrected chi connectivity index (χ4v) is 3.42. The van der Waals surface area contributed by atoms with Gasteiger partial charge in [0, 0.05) is 22.0 Å². The van der Waals surface area contributed by atoms with Crippen LogP contribution in [0.25, 0.3) is 16.2 Å². The third kappa shape index (κ3) is 1.99. The highest BCUT2D eigenvalue weighted by Crippen LogP contribution is 2.33. The summed E-state index contributed by atoms with van der Waals surface area (Å²) in [7, 11) is 0. The molecule has 19 heavy (non-hydrogen) atoms. The smallest absolute Gasteiger partial charge is 0.194 e. The molecule has 1 aromatic carbocycles. The topological polar surface area (TPSA) is 34.4 Å². The van der Waals surface area contributed by atoms with Gasteiger partial charge in [-0.25, -0.2) is 4.98 Å². The van der Waals surface area contributed by atoms with Gasteiger partial charge in [-0.2, -0.15) is 0 Å². The Labute approximate surface area is 119 Å². The molecule has 96 valence electrons. The lowest BCUT2D eigenvalue weighted by atomic mass is 10.1. The van der Waals surface area contributed by atoms with Crippen molar-refractivity contribution in [1.29, 1.82) is 0 Å². The van der Waals surface area contributed by atoms with Gasteiger partial charge in [0.2, 0.25) is 0 Å². The summed E-state index contributed by atoms with van der Waals surface area (Å²) in [4.78, 5) is 18.0. The second-order valence-electron chi connectivity index (χ2n) is 4.22. The molecule has 0 spiro atoms. The molecule has 0 unspecified atom stereocenters. The third-order valence-corrected chi connectivity index (χ3v) is 4.57. The zero-order valence-electron chi connectivity index (χ0n) is 10.6. The summed E-state index contributed by atoms with van der Waals surface area (Å²) in [6.45, 7) is 2.05. The molecule has 3 aromatic rings. The Morgan fingerprint density at radius 3 is 3.00 bits per heavy atom. The van der Waals surface area contributed by atoms with Crippen molar-refractivity contribution in [3.63, 3.8) is 0 Å². The number of hydrogen-bond donors (Lipinski definition) is 0. The monoisotopic (exact) mass is 288 g/mol. The first-order valence-electron chi connectivity index (χ1n) is 5.80. The van der Waals surface area contributed by atoms with E-state index in [4.69, 9.17) is 0 Å². The van der Waals surface area contributed by atoms with E-state index >= 15 is 0 Å². The third-order valence-electron chi connectivity index (χ3n) is 3.02. The SMILES string of the molecule is CSc1ccc(C)cc1-c1nc2sccn2c1C=O. The molecule has 3 rings (SSSR count). The average molecular weight is 288 g/mol. The van der Waals surface area contributed by atoms with Gasteiger partial charge in [0.15, 0.2) is 11.2 Å². The summed E-state index contributed by atoms with van der Waals surface area (Å²) < 4.78 is 1.85. The van der Waals surface area contributed by atoms with Crippen LogP contribution in [0.4, 0.5) is 0 Å². The summed E-state index contributed by atoms with van der Waals surface area (Å²) in [5, 5.41) is 1.94. The minimum absolute atomic E-state index is 0.622. The number of aromatic nitrogens is 2. The summed E-state index contributed by atoms with van der Waals surface area (Å²) in [5.41, 5.74) is 3.60. The average Bonchev–Trinajstić information content (AvgIpc) is 2.98. The van der Waals surface area contributed by atoms with Crippen LogP contribution in [0.5, 0.6) is 0 Å². The van der Waals surface area contributed by atoms with Gasteiger partial charge in [0.05, 0.1) is 0 Å². The Kier molecular flexibility index (Phi) is 3.16. The predicted molar refractivity (Wildman–Crippen MR) is 80.4 cm³/mol. The predicted octanol–water partition coefficient (Wildman–Crippen LogP) is 3.91. The zero-order chi connectivity index (χ0) is 13.4. The number of nitrogens with zero attached hydrogens (tertiary/aromatic N) is 2. The summed E-state index contributed by atoms with van der Waals surface area (Å²) in [6, 6.07) is 6.25. The van der Waals surface area contributed by atoms with Gasteiger partial charge in [-0.05, 0) is 25.3 Å². The van der Waals surface area contributed by atoms with Gasteiger partial charge in [-0.1, -0.05) is 11.6 Å². The molecular formula is C14H12N2OS2. The maximum atomic E-state index is 11.4. The van der Waals surface area contributed by atoms with Crippen LogP contribution in [0.1, 0.15) is 16.1 Å². The van der Waals surface area contributed by atoms with E-state index in [0.29, 0.717) is 5.69 Å². The molecule has 0 aliphatic carbocycles. The minimum atomic E-state index is 0.622. The Balaban J connectivity index is 2.31. The van der Waals surface area contributed by atoms with Gasteiger partial charge in [0.25, 0.3) is 0 Å². The summed E-state index contributed by atoms with van der Waals surface area (Å²) >= 11 is 3.21. The standard InChI is InChI=1S/C14H12N2OS2/c1-9-3-4-12(18-2)10(7-9)13-11(8-17)16-5-6-19-14(16)15-13/h3-8H,1-2H3. The minimum Gasteiger partial charge on any atom is -0.296 e. The molecule has 0 N–H and O–H groups in total. The van der Waals surface area contributed by atoms with Crippen LogP contribution in [-0.4, -0.2) is 21.9 Å². The highest BCUT2D eigenvalue weighted by molar-refractivity contribution is 7.98. The van der Waals surface area contributed by atoms with E-state index in [-0.39, 0.29) is 0 Å². The second kappa shape index (κ2) is 4.83. The fraction of sp³-hybridized carbons (Fsp3) is 0.143. The number of fused-ring (bicyclic) bond motifs is 1. The van der Waals surface area contributed by atoms with E-state index < -0.39 is 0 Å². The number of thiazole rings is 1. The Bertz CT molecular complexity index is 758. The molecule has 0 atom stereocenters. The molecule has 0 fully saturated rings. The first kappa shape index (κ1) is 12.4. The molecule has 0 bridgehead atoms. The Morgan fingerprint density at radius 2 is 2.26 bits per heavy atom. The maximum Gasteiger partial charge on any atom is 0.194 e. The van der Waals surface area contributed by atoms with Crippen molar-refractivity contribution in [2.24, 2.45) is 0 Å². The van der Waals surface area contributed by atoms with Crippen LogP contribution in [0.3, 0.4) is 0 Å². The molecule has 0 amide bonds. The van der Waals surface area contributed by atoms with E-state index in [1.807, 2.05) is 29.2 Å². The van der Waals surface area contributed by atoms with Crippen LogP contribution >= 0.6 is 23.1 Å². The lowest BCUT2D eigenvalue weighted by molar-refractivity contribution is 0.111. The van der Waals surface area contributed by atoms with Crippen molar-refractivity contribution in [3.8, 4) is 11.3 Å². The highest BCUT2D eigenvalue weighted by atomic mass is 32.2. The molecule has 0 aliphatic heterocycles. The van der Waals surface area contributed by atoms with E-state index in [1.165, 1.54) is 16.9 Å². The van der Waals surface area contributed by atoms with E-state index in [9.17, 15) is 4.79 Å². The number of hydrogen-bond acceptors (Lipinski definition) is 4. The highest BCUT2D eigenvalue weighted by Gasteiger charge is 2.16. The van der Waals surface area contributed by atoms with Gasteiger partial charge < -0.3 is 0 Å². The zero-order valence-corrected chi connectivity index (χ0v) is 12.2. The Morgan fingerprint density at radius 1 is 1.42 bits per heavy atom. The molecule has 0 radical (unpaired) electrons. The normalized spacial score (nSPS) is 11.1. The van der Waals surface area contributed by atoms with Gasteiger partial charge in [0.1, 0.15) is 11.4 Å². The molecule has 0 saturated heterocycles. The molecule has 2 aromatic heterocycles. The lowest BCUT2D eigenvalue weighted by Crippen LogP contribution is -1.92. The van der Waals surface area contributed by atoms with Crippen molar-refractivity contribution in [3.05, 3.63) is 41.0 Å². The van der Waals surface area contributed by atoms with Crippen molar-refractivity contribution in [2.45, 2.75) is 11.8 Å². The number of imidazole rings is 1. The number of carbonyl (C=O) groups is 1. The number of aldehydes is 1. The fourth-order valence-electron chi connectivity index (χ4n) is 2.12. The Hall–Kier alpha value is -1.59. The number of thioether (sulfide) groups is 1. The van der Waals surface area contributed by atoms with Gasteiger partial charge in [-0.15, -0.1) is 23.1 Å². The lowest BCUT2D eigenvalue weighted by Gasteiger charge is -2.06. The van der Waals surface area contributed by atoms with Crippen molar-refractivity contribution < 1.29 is 4.79 Å². The largest absolute Gasteiger partial charge is 0.296 e. The molecule has 0 saturated carbocycles. The molecule has 2 heterocycles. The number of aryl methyl sites for hydroxylation is 1. The van der Waals surface area contributed by atoms with Crippen LogP contribution in [0, 0.1) is 6.92 Å². The van der Waals surface area contributed by atoms with Crippen LogP contribution in [0.2, 0.25) is 0 Å². The molecular weight excluding hydrogens is 276 g/mol. The van der Waals surface area contributed by atoms with E-state index in [0.717, 1.165) is 27.4 Å². The summed E-state index contributed by atoms with van der Waals surface area (Å²) in [5.74, 6) is 0. The number of benzene rings is 1. The van der Waals surface area contributed by atoms with Crippen LogP contribution in [0.15, 0.2) is 34.7 Å². The first-order chi connectivity index (χ1) is 9.24. The maximum absolute atomic E-state index is 11.4. The number of rotatable bonds is 3. The van der Waals surface area contributed by atoms with Gasteiger partial charge in [-0.3, -0.25) is 9.20 Å². The van der Waals surface area contributed by atoms with Crippen LogP contribution < -0.4 is 0 Å². The quantitative estimate of drug-likeness (QED) is 0.541. The summed E-state index contributed by atoms with van der Waals surface area (Å²) in [6.07, 6.45) is 4.80. The van der Waals surface area contributed by atoms with E-state index in [2.05, 4.69) is 23.2 Å². The van der Waals surface area contributed by atoms with Gasteiger partial charge >= 0.3 is 0 Å². The van der Waals surface area contributed by atoms with Crippen molar-refractivity contribution >= 4 is 34.3 Å². The van der Waals surface area contributed by atoms with Crippen LogP contribution in [-0.2, 0) is 0 Å². The van der Waals surface area contributed by atoms with E-state index in [1.54, 1.807) is 11.8 Å². The van der Waals surface area contributed by atoms with Crippen molar-refractivity contribution in [1.82, 2.24) is 9.38 Å². The first-order valence-corrected chi connectivity index (χ1v) is 7.90. The molecule has 0 aliphatic rings. The second-order valence-corrected chi connectivity index (χ2v) is 5.94. The number of carbonyl (C=O) groups excluding carboxylic acids is 1. The molecule has 5 heteroatoms. The molecule has 3 nitrogen and oxygen atoms in total.